The summed E-state index contributed by atoms with van der Waals surface area (Å²) in [5.41, 5.74) is 5.98. The highest BCUT2D eigenvalue weighted by atomic mass is 19.2. The molecule has 0 bridgehead atoms. The third-order valence-electron chi connectivity index (χ3n) is 2.98. The molecule has 0 radical (unpaired) electrons. The number of hydrogen-bond donors (Lipinski definition) is 1. The van der Waals surface area contributed by atoms with Crippen LogP contribution in [0.15, 0.2) is 18.2 Å². The third kappa shape index (κ3) is 2.75. The highest BCUT2D eigenvalue weighted by Gasteiger charge is 2.23. The van der Waals surface area contributed by atoms with Crippen LogP contribution in [0.25, 0.3) is 0 Å². The summed E-state index contributed by atoms with van der Waals surface area (Å²) in [5, 5.41) is 0. The lowest BCUT2D eigenvalue weighted by Crippen LogP contribution is -2.40. The Bertz CT molecular complexity index is 332. The van der Waals surface area contributed by atoms with Crippen molar-refractivity contribution in [1.29, 1.82) is 0 Å². The van der Waals surface area contributed by atoms with Crippen molar-refractivity contribution >= 4 is 0 Å². The van der Waals surface area contributed by atoms with Gasteiger partial charge >= 0.3 is 0 Å². The van der Waals surface area contributed by atoms with Gasteiger partial charge in [0.2, 0.25) is 0 Å². The normalized spacial score (nSPS) is 11.8. The van der Waals surface area contributed by atoms with Gasteiger partial charge < -0.3 is 5.73 Å². The summed E-state index contributed by atoms with van der Waals surface area (Å²) in [4.78, 5) is 0. The molecular weight excluding hydrogens is 196 g/mol. The molecule has 0 spiro atoms. The first-order valence-electron chi connectivity index (χ1n) is 5.24. The molecule has 2 N–H and O–H groups in total. The zero-order valence-electron chi connectivity index (χ0n) is 9.19. The molecule has 0 aromatic heterocycles. The van der Waals surface area contributed by atoms with Crippen molar-refractivity contribution in [3.05, 3.63) is 35.4 Å². The zero-order valence-corrected chi connectivity index (χ0v) is 9.19. The molecule has 0 saturated heterocycles. The van der Waals surface area contributed by atoms with Gasteiger partial charge in [0, 0.05) is 5.54 Å². The van der Waals surface area contributed by atoms with Crippen molar-refractivity contribution in [3.63, 3.8) is 0 Å². The largest absolute Gasteiger partial charge is 0.325 e. The van der Waals surface area contributed by atoms with Gasteiger partial charge in [0.1, 0.15) is 0 Å². The summed E-state index contributed by atoms with van der Waals surface area (Å²) >= 11 is 0. The second-order valence-electron chi connectivity index (χ2n) is 3.96. The van der Waals surface area contributed by atoms with Gasteiger partial charge in [-0.05, 0) is 30.9 Å². The van der Waals surface area contributed by atoms with Gasteiger partial charge in [0.25, 0.3) is 0 Å². The summed E-state index contributed by atoms with van der Waals surface area (Å²) < 4.78 is 26.3. The smallest absolute Gasteiger partial charge is 0.162 e. The lowest BCUT2D eigenvalue weighted by molar-refractivity contribution is 0.382. The molecule has 84 valence electrons. The molecule has 0 heterocycles. The monoisotopic (exact) mass is 213 g/mol. The van der Waals surface area contributed by atoms with Crippen molar-refractivity contribution in [2.45, 2.75) is 38.6 Å². The van der Waals surface area contributed by atoms with E-state index in [0.717, 1.165) is 18.9 Å². The second-order valence-corrected chi connectivity index (χ2v) is 3.96. The van der Waals surface area contributed by atoms with Gasteiger partial charge in [-0.1, -0.05) is 26.0 Å². The number of hydrogen-bond acceptors (Lipinski definition) is 1. The quantitative estimate of drug-likeness (QED) is 0.817. The molecule has 1 aromatic carbocycles. The van der Waals surface area contributed by atoms with Crippen LogP contribution in [0.5, 0.6) is 0 Å². The highest BCUT2D eigenvalue weighted by Crippen LogP contribution is 2.21. The van der Waals surface area contributed by atoms with Crippen LogP contribution < -0.4 is 5.73 Å². The van der Waals surface area contributed by atoms with E-state index in [4.69, 9.17) is 5.73 Å². The molecular formula is C12H17F2N. The molecule has 3 heteroatoms. The third-order valence-corrected chi connectivity index (χ3v) is 2.98. The van der Waals surface area contributed by atoms with Gasteiger partial charge in [-0.3, -0.25) is 0 Å². The van der Waals surface area contributed by atoms with Crippen LogP contribution >= 0.6 is 0 Å². The molecule has 15 heavy (non-hydrogen) atoms. The minimum Gasteiger partial charge on any atom is -0.325 e. The van der Waals surface area contributed by atoms with E-state index in [1.807, 2.05) is 13.8 Å². The summed E-state index contributed by atoms with van der Waals surface area (Å²) in [6.45, 7) is 3.92. The van der Waals surface area contributed by atoms with Crippen molar-refractivity contribution < 1.29 is 8.78 Å². The fourth-order valence-corrected chi connectivity index (χ4v) is 1.56. The average molecular weight is 213 g/mol. The Morgan fingerprint density at radius 2 is 1.80 bits per heavy atom. The Kier molecular flexibility index (Phi) is 3.80. The first-order valence-corrected chi connectivity index (χ1v) is 5.24. The second kappa shape index (κ2) is 4.71. The minimum atomic E-state index is -0.804. The van der Waals surface area contributed by atoms with E-state index in [2.05, 4.69) is 0 Å². The van der Waals surface area contributed by atoms with E-state index in [1.165, 1.54) is 6.07 Å². The lowest BCUT2D eigenvalue weighted by atomic mass is 9.87. The van der Waals surface area contributed by atoms with Crippen LogP contribution in [0.3, 0.4) is 0 Å². The summed E-state index contributed by atoms with van der Waals surface area (Å²) in [6, 6.07) is 4.22. The first-order chi connectivity index (χ1) is 7.02. The maximum atomic E-state index is 13.4. The van der Waals surface area contributed by atoms with E-state index in [9.17, 15) is 8.78 Å². The van der Waals surface area contributed by atoms with E-state index in [-0.39, 0.29) is 0 Å². The maximum Gasteiger partial charge on any atom is 0.162 e. The van der Waals surface area contributed by atoms with Crippen molar-refractivity contribution in [2.24, 2.45) is 5.73 Å². The molecule has 1 aromatic rings. The Balaban J connectivity index is 2.94. The van der Waals surface area contributed by atoms with Gasteiger partial charge in [0.15, 0.2) is 11.6 Å². The van der Waals surface area contributed by atoms with Crippen LogP contribution in [0, 0.1) is 11.6 Å². The molecule has 0 aliphatic rings. The van der Waals surface area contributed by atoms with E-state index in [1.54, 1.807) is 6.07 Å². The molecule has 1 nitrogen and oxygen atoms in total. The molecule has 0 aliphatic heterocycles. The fraction of sp³-hybridized carbons (Fsp3) is 0.500. The Labute approximate surface area is 89.3 Å². The van der Waals surface area contributed by atoms with E-state index < -0.39 is 17.2 Å². The SMILES string of the molecule is CCC(N)(CC)Cc1cccc(F)c1F. The Hall–Kier alpha value is -0.960. The standard InChI is InChI=1S/C12H17F2N/c1-3-12(15,4-2)8-9-6-5-7-10(13)11(9)14/h5-7H,3-4,8,15H2,1-2H3. The number of nitrogens with two attached hydrogens (primary N) is 1. The van der Waals surface area contributed by atoms with Crippen LogP contribution in [-0.2, 0) is 6.42 Å². The fourth-order valence-electron chi connectivity index (χ4n) is 1.56. The Morgan fingerprint density at radius 1 is 1.20 bits per heavy atom. The molecule has 0 atom stereocenters. The molecule has 0 aliphatic carbocycles. The lowest BCUT2D eigenvalue weighted by Gasteiger charge is -2.26. The molecule has 0 saturated carbocycles. The van der Waals surface area contributed by atoms with E-state index >= 15 is 0 Å². The van der Waals surface area contributed by atoms with Crippen LogP contribution in [-0.4, -0.2) is 5.54 Å². The molecule has 0 amide bonds. The summed E-state index contributed by atoms with van der Waals surface area (Å²) in [7, 11) is 0. The zero-order chi connectivity index (χ0) is 11.5. The molecule has 0 fully saturated rings. The Morgan fingerprint density at radius 3 is 2.33 bits per heavy atom. The van der Waals surface area contributed by atoms with Crippen LogP contribution in [0.4, 0.5) is 8.78 Å². The highest BCUT2D eigenvalue weighted by molar-refractivity contribution is 5.21. The van der Waals surface area contributed by atoms with Gasteiger partial charge in [0.05, 0.1) is 0 Å². The average Bonchev–Trinajstić information content (AvgIpc) is 2.25. The van der Waals surface area contributed by atoms with Gasteiger partial charge in [-0.2, -0.15) is 0 Å². The minimum absolute atomic E-state index is 0.362. The van der Waals surface area contributed by atoms with Crippen molar-refractivity contribution in [2.75, 3.05) is 0 Å². The summed E-state index contributed by atoms with van der Waals surface area (Å²) in [6.07, 6.45) is 1.88. The molecule has 1 rings (SSSR count). The number of halogens is 2. The van der Waals surface area contributed by atoms with Crippen molar-refractivity contribution in [1.82, 2.24) is 0 Å². The van der Waals surface area contributed by atoms with Crippen LogP contribution in [0.1, 0.15) is 32.3 Å². The predicted octanol–water partition coefficient (Wildman–Crippen LogP) is 3.02. The number of rotatable bonds is 4. The first kappa shape index (κ1) is 12.1. The van der Waals surface area contributed by atoms with Crippen molar-refractivity contribution in [3.8, 4) is 0 Å². The van der Waals surface area contributed by atoms with E-state index in [0.29, 0.717) is 12.0 Å². The predicted molar refractivity (Wildman–Crippen MR) is 57.6 cm³/mol. The van der Waals surface area contributed by atoms with Gasteiger partial charge in [-0.25, -0.2) is 8.78 Å². The van der Waals surface area contributed by atoms with Crippen LogP contribution in [0.2, 0.25) is 0 Å². The maximum absolute atomic E-state index is 13.4. The van der Waals surface area contributed by atoms with Gasteiger partial charge in [-0.15, -0.1) is 0 Å². The molecule has 0 unspecified atom stereocenters. The topological polar surface area (TPSA) is 26.0 Å². The summed E-state index contributed by atoms with van der Waals surface area (Å²) in [5.74, 6) is -1.57. The number of benzene rings is 1.